The summed E-state index contributed by atoms with van der Waals surface area (Å²) in [6, 6.07) is 0. The van der Waals surface area contributed by atoms with E-state index in [1.165, 1.54) is 0 Å². The minimum absolute atomic E-state index is 0.0487. The first-order chi connectivity index (χ1) is 5.65. The van der Waals surface area contributed by atoms with E-state index >= 15 is 0 Å². The van der Waals surface area contributed by atoms with Gasteiger partial charge >= 0.3 is 0 Å². The predicted molar refractivity (Wildman–Crippen MR) is 49.7 cm³/mol. The summed E-state index contributed by atoms with van der Waals surface area (Å²) in [5, 5.41) is 0.165. The zero-order chi connectivity index (χ0) is 9.14. The number of hydrogen-bond acceptors (Lipinski definition) is 5. The lowest BCUT2D eigenvalue weighted by Gasteiger charge is -2.01. The van der Waals surface area contributed by atoms with E-state index in [2.05, 4.69) is 15.0 Å². The molecule has 6 heteroatoms. The Hall–Kier alpha value is -1.36. The molecule has 0 bridgehead atoms. The summed E-state index contributed by atoms with van der Waals surface area (Å²) in [7, 11) is 0. The molecule has 0 saturated heterocycles. The van der Waals surface area contributed by atoms with Gasteiger partial charge in [-0.05, 0) is 6.92 Å². The molecule has 1 heterocycles. The summed E-state index contributed by atoms with van der Waals surface area (Å²) in [4.78, 5) is 11.3. The molecule has 0 aliphatic rings. The molecule has 0 aromatic carbocycles. The van der Waals surface area contributed by atoms with Crippen LogP contribution in [0.2, 0.25) is 5.15 Å². The molecule has 5 nitrogen and oxygen atoms in total. The Labute approximate surface area is 74.5 Å². The average Bonchev–Trinajstić information content (AvgIpc) is 1.96. The van der Waals surface area contributed by atoms with Gasteiger partial charge in [0.2, 0.25) is 5.95 Å². The molecule has 0 fully saturated rings. The second kappa shape index (κ2) is 3.36. The summed E-state index contributed by atoms with van der Waals surface area (Å²) in [6.07, 6.45) is 1.55. The molecule has 4 N–H and O–H groups in total. The molecule has 1 aromatic heterocycles. The van der Waals surface area contributed by atoms with Crippen LogP contribution >= 0.6 is 11.6 Å². The van der Waals surface area contributed by atoms with Crippen molar-refractivity contribution in [1.82, 2.24) is 9.97 Å². The largest absolute Gasteiger partial charge is 0.382 e. The molecule has 0 radical (unpaired) electrons. The first-order valence-corrected chi connectivity index (χ1v) is 3.60. The van der Waals surface area contributed by atoms with Gasteiger partial charge in [0, 0.05) is 6.21 Å². The maximum absolute atomic E-state index is 5.69. The van der Waals surface area contributed by atoms with Crippen LogP contribution in [0.4, 0.5) is 17.5 Å². The maximum atomic E-state index is 5.69. The van der Waals surface area contributed by atoms with Gasteiger partial charge in [-0.2, -0.15) is 9.97 Å². The van der Waals surface area contributed by atoms with Gasteiger partial charge in [-0.1, -0.05) is 11.6 Å². The van der Waals surface area contributed by atoms with E-state index in [1.54, 1.807) is 13.1 Å². The van der Waals surface area contributed by atoms with Crippen molar-refractivity contribution in [3.8, 4) is 0 Å². The fourth-order valence-electron chi connectivity index (χ4n) is 0.709. The van der Waals surface area contributed by atoms with Crippen LogP contribution in [0.1, 0.15) is 6.92 Å². The SMILES string of the molecule is CC=Nc1c(N)nc(N)nc1Cl. The van der Waals surface area contributed by atoms with Crippen molar-refractivity contribution < 1.29 is 0 Å². The number of nitrogens with two attached hydrogens (primary N) is 2. The van der Waals surface area contributed by atoms with E-state index in [0.717, 1.165) is 0 Å². The molecule has 0 aliphatic carbocycles. The van der Waals surface area contributed by atoms with Crippen LogP contribution < -0.4 is 11.5 Å². The zero-order valence-corrected chi connectivity index (χ0v) is 7.21. The number of aromatic nitrogens is 2. The van der Waals surface area contributed by atoms with Gasteiger partial charge in [0.15, 0.2) is 11.0 Å². The predicted octanol–water partition coefficient (Wildman–Crippen LogP) is 1.02. The van der Waals surface area contributed by atoms with Gasteiger partial charge in [0.25, 0.3) is 0 Å². The monoisotopic (exact) mass is 185 g/mol. The lowest BCUT2D eigenvalue weighted by Crippen LogP contribution is -1.99. The lowest BCUT2D eigenvalue weighted by atomic mass is 10.5. The molecule has 0 saturated carbocycles. The first-order valence-electron chi connectivity index (χ1n) is 3.22. The van der Waals surface area contributed by atoms with E-state index in [0.29, 0.717) is 5.69 Å². The molecule has 0 aliphatic heterocycles. The quantitative estimate of drug-likeness (QED) is 0.505. The van der Waals surface area contributed by atoms with E-state index in [4.69, 9.17) is 23.1 Å². The van der Waals surface area contributed by atoms with E-state index in [-0.39, 0.29) is 16.9 Å². The van der Waals surface area contributed by atoms with E-state index in [1.807, 2.05) is 0 Å². The first kappa shape index (κ1) is 8.73. The number of halogens is 1. The van der Waals surface area contributed by atoms with Gasteiger partial charge in [0.05, 0.1) is 0 Å². The fourth-order valence-corrected chi connectivity index (χ4v) is 0.941. The summed E-state index contributed by atoms with van der Waals surface area (Å²) in [5.74, 6) is 0.234. The molecule has 0 unspecified atom stereocenters. The Kier molecular flexibility index (Phi) is 2.44. The van der Waals surface area contributed by atoms with Crippen LogP contribution in [0.3, 0.4) is 0 Å². The Morgan fingerprint density at radius 1 is 1.42 bits per heavy atom. The van der Waals surface area contributed by atoms with E-state index < -0.39 is 0 Å². The molecule has 1 rings (SSSR count). The second-order valence-electron chi connectivity index (χ2n) is 1.99. The highest BCUT2D eigenvalue weighted by Gasteiger charge is 2.06. The molecule has 0 spiro atoms. The summed E-state index contributed by atoms with van der Waals surface area (Å²) in [6.45, 7) is 1.74. The molecule has 12 heavy (non-hydrogen) atoms. The minimum atomic E-state index is 0.0487. The second-order valence-corrected chi connectivity index (χ2v) is 2.35. The van der Waals surface area contributed by atoms with Crippen LogP contribution in [0.15, 0.2) is 4.99 Å². The zero-order valence-electron chi connectivity index (χ0n) is 6.45. The normalized spacial score (nSPS) is 10.8. The third-order valence-corrected chi connectivity index (χ3v) is 1.41. The molecule has 0 atom stereocenters. The molecule has 1 aromatic rings. The van der Waals surface area contributed by atoms with Gasteiger partial charge in [0.1, 0.15) is 5.69 Å². The number of aliphatic imine (C=N–C) groups is 1. The minimum Gasteiger partial charge on any atom is -0.382 e. The average molecular weight is 186 g/mol. The maximum Gasteiger partial charge on any atom is 0.223 e. The van der Waals surface area contributed by atoms with E-state index in [9.17, 15) is 0 Å². The van der Waals surface area contributed by atoms with Gasteiger partial charge in [-0.25, -0.2) is 0 Å². The summed E-state index contributed by atoms with van der Waals surface area (Å²) >= 11 is 5.69. The number of hydrogen-bond donors (Lipinski definition) is 2. The highest BCUT2D eigenvalue weighted by molar-refractivity contribution is 6.32. The Balaban J connectivity index is 3.28. The fraction of sp³-hybridized carbons (Fsp3) is 0.167. The van der Waals surface area contributed by atoms with Gasteiger partial charge < -0.3 is 11.5 Å². The van der Waals surface area contributed by atoms with Crippen molar-refractivity contribution in [2.45, 2.75) is 6.92 Å². The van der Waals surface area contributed by atoms with Gasteiger partial charge in [-0.15, -0.1) is 0 Å². The summed E-state index contributed by atoms with van der Waals surface area (Å²) < 4.78 is 0. The smallest absolute Gasteiger partial charge is 0.223 e. The Morgan fingerprint density at radius 3 is 2.58 bits per heavy atom. The molecule has 64 valence electrons. The number of nitrogens with zero attached hydrogens (tertiary/aromatic N) is 3. The highest BCUT2D eigenvalue weighted by atomic mass is 35.5. The topological polar surface area (TPSA) is 90.2 Å². The third kappa shape index (κ3) is 1.62. The van der Waals surface area contributed by atoms with Crippen molar-refractivity contribution in [2.24, 2.45) is 4.99 Å². The van der Waals surface area contributed by atoms with Crippen molar-refractivity contribution in [1.29, 1.82) is 0 Å². The molecular formula is C6H8ClN5. The standard InChI is InChI=1S/C6H8ClN5/c1-2-10-3-4(7)11-6(9)12-5(3)8/h2H,1H3,(H4,8,9,11,12). The molecule has 0 amide bonds. The van der Waals surface area contributed by atoms with Crippen molar-refractivity contribution in [3.05, 3.63) is 5.15 Å². The Bertz CT molecular complexity index is 299. The third-order valence-electron chi connectivity index (χ3n) is 1.14. The lowest BCUT2D eigenvalue weighted by molar-refractivity contribution is 1.18. The number of anilines is 2. The van der Waals surface area contributed by atoms with Crippen molar-refractivity contribution in [2.75, 3.05) is 11.5 Å². The molecular weight excluding hydrogens is 178 g/mol. The van der Waals surface area contributed by atoms with Crippen molar-refractivity contribution >= 4 is 35.3 Å². The van der Waals surface area contributed by atoms with Crippen LogP contribution in [-0.4, -0.2) is 16.2 Å². The van der Waals surface area contributed by atoms with Crippen molar-refractivity contribution in [3.63, 3.8) is 0 Å². The van der Waals surface area contributed by atoms with Crippen LogP contribution in [0.5, 0.6) is 0 Å². The summed E-state index contributed by atoms with van der Waals surface area (Å²) in [5.41, 5.74) is 11.1. The van der Waals surface area contributed by atoms with Crippen LogP contribution in [0.25, 0.3) is 0 Å². The van der Waals surface area contributed by atoms with Crippen LogP contribution in [0, 0.1) is 0 Å². The van der Waals surface area contributed by atoms with Gasteiger partial charge in [-0.3, -0.25) is 4.99 Å². The number of rotatable bonds is 1. The van der Waals surface area contributed by atoms with Crippen LogP contribution in [-0.2, 0) is 0 Å². The highest BCUT2D eigenvalue weighted by Crippen LogP contribution is 2.27. The number of nitrogen functional groups attached to an aromatic ring is 2. The Morgan fingerprint density at radius 2 is 2.08 bits per heavy atom.